The fourth-order valence-electron chi connectivity index (χ4n) is 0.865. The molecule has 2 aromatic heterocycles. The van der Waals surface area contributed by atoms with E-state index in [4.69, 9.17) is 0 Å². The Labute approximate surface area is 93.6 Å². The number of H-pyrrole nitrogens is 3. The van der Waals surface area contributed by atoms with Crippen molar-refractivity contribution in [2.45, 2.75) is 0 Å². The molecule has 17 heavy (non-hydrogen) atoms. The van der Waals surface area contributed by atoms with Gasteiger partial charge in [0.1, 0.15) is 0 Å². The van der Waals surface area contributed by atoms with Gasteiger partial charge >= 0.3 is 11.4 Å². The smallest absolute Gasteiger partial charge is 0.314 e. The molecule has 0 radical (unpaired) electrons. The highest BCUT2D eigenvalue weighted by Gasteiger charge is 1.85. The number of nitrogens with zero attached hydrogens (tertiary/aromatic N) is 1. The molecule has 0 saturated heterocycles. The summed E-state index contributed by atoms with van der Waals surface area (Å²) in [6.07, 6.45) is 2.71. The Morgan fingerprint density at radius 3 is 2.06 bits per heavy atom. The monoisotopic (exact) mass is 238 g/mol. The SMILES string of the molecule is Cn1ccc(=O)[nH]c1=O.O=c1cc[nH]c(=O)[nH]1. The number of rotatable bonds is 0. The van der Waals surface area contributed by atoms with Crippen LogP contribution in [0.3, 0.4) is 0 Å². The second-order valence-corrected chi connectivity index (χ2v) is 3.02. The van der Waals surface area contributed by atoms with Crippen molar-refractivity contribution in [1.82, 2.24) is 19.5 Å². The van der Waals surface area contributed by atoms with Crippen LogP contribution in [0.15, 0.2) is 43.7 Å². The average molecular weight is 238 g/mol. The Morgan fingerprint density at radius 1 is 1.00 bits per heavy atom. The summed E-state index contributed by atoms with van der Waals surface area (Å²) in [5.41, 5.74) is -1.60. The summed E-state index contributed by atoms with van der Waals surface area (Å²) >= 11 is 0. The second kappa shape index (κ2) is 5.45. The maximum Gasteiger partial charge on any atom is 0.328 e. The number of hydrogen-bond donors (Lipinski definition) is 3. The zero-order chi connectivity index (χ0) is 12.8. The van der Waals surface area contributed by atoms with E-state index in [2.05, 4.69) is 9.97 Å². The van der Waals surface area contributed by atoms with Gasteiger partial charge in [-0.1, -0.05) is 0 Å². The molecule has 0 bridgehead atoms. The lowest BCUT2D eigenvalue weighted by Crippen LogP contribution is -2.26. The predicted octanol–water partition coefficient (Wildman–Crippen LogP) is -1.86. The molecule has 2 rings (SSSR count). The summed E-state index contributed by atoms with van der Waals surface area (Å²) in [5.74, 6) is 0. The van der Waals surface area contributed by atoms with Crippen molar-refractivity contribution in [3.05, 3.63) is 66.2 Å². The van der Waals surface area contributed by atoms with Crippen LogP contribution in [0.25, 0.3) is 0 Å². The summed E-state index contributed by atoms with van der Waals surface area (Å²) in [7, 11) is 1.57. The molecule has 90 valence electrons. The number of hydrogen-bond acceptors (Lipinski definition) is 4. The molecule has 0 atom stereocenters. The van der Waals surface area contributed by atoms with Crippen LogP contribution in [0, 0.1) is 0 Å². The van der Waals surface area contributed by atoms with E-state index in [-0.39, 0.29) is 16.8 Å². The highest BCUT2D eigenvalue weighted by molar-refractivity contribution is 4.80. The van der Waals surface area contributed by atoms with Crippen LogP contribution in [0.1, 0.15) is 0 Å². The lowest BCUT2D eigenvalue weighted by molar-refractivity contribution is 0.799. The van der Waals surface area contributed by atoms with Crippen molar-refractivity contribution >= 4 is 0 Å². The highest BCUT2D eigenvalue weighted by Crippen LogP contribution is 1.61. The maximum absolute atomic E-state index is 10.5. The summed E-state index contributed by atoms with van der Waals surface area (Å²) < 4.78 is 1.29. The molecular weight excluding hydrogens is 228 g/mol. The third kappa shape index (κ3) is 4.16. The molecule has 2 aromatic rings. The molecule has 0 saturated carbocycles. The molecule has 0 fully saturated rings. The first-order chi connectivity index (χ1) is 7.99. The van der Waals surface area contributed by atoms with Gasteiger partial charge in [-0.05, 0) is 0 Å². The van der Waals surface area contributed by atoms with Gasteiger partial charge < -0.3 is 9.55 Å². The minimum atomic E-state index is -0.475. The topological polar surface area (TPSA) is 121 Å². The number of aromatic nitrogens is 4. The van der Waals surface area contributed by atoms with Crippen LogP contribution in [0.4, 0.5) is 0 Å². The zero-order valence-electron chi connectivity index (χ0n) is 8.89. The van der Waals surface area contributed by atoms with E-state index in [1.54, 1.807) is 7.05 Å². The molecule has 8 heteroatoms. The van der Waals surface area contributed by atoms with Crippen LogP contribution in [0.2, 0.25) is 0 Å². The van der Waals surface area contributed by atoms with Crippen LogP contribution in [-0.2, 0) is 7.05 Å². The van der Waals surface area contributed by atoms with E-state index in [0.29, 0.717) is 0 Å². The van der Waals surface area contributed by atoms with Crippen LogP contribution < -0.4 is 22.5 Å². The molecule has 0 spiro atoms. The van der Waals surface area contributed by atoms with Gasteiger partial charge in [0, 0.05) is 31.6 Å². The van der Waals surface area contributed by atoms with Gasteiger partial charge in [0.05, 0.1) is 0 Å². The Kier molecular flexibility index (Phi) is 3.98. The lowest BCUT2D eigenvalue weighted by Gasteiger charge is -1.89. The average Bonchev–Trinajstić information content (AvgIpc) is 2.24. The van der Waals surface area contributed by atoms with E-state index in [1.165, 1.54) is 29.1 Å². The van der Waals surface area contributed by atoms with Crippen molar-refractivity contribution in [3.63, 3.8) is 0 Å². The van der Waals surface area contributed by atoms with Crippen molar-refractivity contribution < 1.29 is 0 Å². The number of nitrogens with one attached hydrogen (secondary N) is 3. The van der Waals surface area contributed by atoms with Crippen LogP contribution in [0.5, 0.6) is 0 Å². The largest absolute Gasteiger partial charge is 0.328 e. The first kappa shape index (κ1) is 12.4. The van der Waals surface area contributed by atoms with Crippen LogP contribution >= 0.6 is 0 Å². The van der Waals surface area contributed by atoms with Gasteiger partial charge in [-0.2, -0.15) is 0 Å². The van der Waals surface area contributed by atoms with Crippen molar-refractivity contribution in [2.24, 2.45) is 7.05 Å². The third-order valence-corrected chi connectivity index (χ3v) is 1.69. The highest BCUT2D eigenvalue weighted by atomic mass is 16.2. The maximum atomic E-state index is 10.5. The third-order valence-electron chi connectivity index (χ3n) is 1.69. The van der Waals surface area contributed by atoms with Gasteiger partial charge in [0.15, 0.2) is 0 Å². The minimum Gasteiger partial charge on any atom is -0.314 e. The van der Waals surface area contributed by atoms with Gasteiger partial charge in [-0.15, -0.1) is 0 Å². The van der Waals surface area contributed by atoms with Gasteiger partial charge in [-0.3, -0.25) is 19.6 Å². The zero-order valence-corrected chi connectivity index (χ0v) is 8.89. The van der Waals surface area contributed by atoms with Crippen molar-refractivity contribution in [3.8, 4) is 0 Å². The summed E-state index contributed by atoms with van der Waals surface area (Å²) in [4.78, 5) is 47.7. The van der Waals surface area contributed by atoms with E-state index < -0.39 is 5.69 Å². The Balaban J connectivity index is 0.000000171. The first-order valence-corrected chi connectivity index (χ1v) is 4.53. The molecule has 0 aromatic carbocycles. The molecule has 3 N–H and O–H groups in total. The Morgan fingerprint density at radius 2 is 1.65 bits per heavy atom. The van der Waals surface area contributed by atoms with E-state index in [9.17, 15) is 19.2 Å². The molecule has 0 unspecified atom stereocenters. The first-order valence-electron chi connectivity index (χ1n) is 4.53. The van der Waals surface area contributed by atoms with Crippen LogP contribution in [-0.4, -0.2) is 19.5 Å². The lowest BCUT2D eigenvalue weighted by atomic mass is 10.6. The molecule has 0 aliphatic rings. The predicted molar refractivity (Wildman–Crippen MR) is 60.0 cm³/mol. The molecule has 0 aliphatic carbocycles. The summed E-state index contributed by atoms with van der Waals surface area (Å²) in [5, 5.41) is 0. The number of aryl methyl sites for hydroxylation is 1. The number of aromatic amines is 3. The minimum absolute atomic E-state index is 0.363. The van der Waals surface area contributed by atoms with Gasteiger partial charge in [-0.25, -0.2) is 9.59 Å². The summed E-state index contributed by atoms with van der Waals surface area (Å²) in [6.45, 7) is 0. The van der Waals surface area contributed by atoms with Gasteiger partial charge in [0.25, 0.3) is 11.1 Å². The summed E-state index contributed by atoms with van der Waals surface area (Å²) in [6, 6.07) is 2.53. The fraction of sp³-hybridized carbons (Fsp3) is 0.111. The standard InChI is InChI=1S/C5H6N2O2.C4H4N2O2/c1-7-3-2-4(8)6-5(7)9;7-3-1-2-5-4(8)6-3/h2-3H,1H3,(H,6,8,9);1-2H,(H2,5,6,7,8). The molecular formula is C9H10N4O4. The molecule has 8 nitrogen and oxygen atoms in total. The normalized spacial score (nSPS) is 9.24. The Bertz CT molecular complexity index is 680. The van der Waals surface area contributed by atoms with Gasteiger partial charge in [0.2, 0.25) is 0 Å². The van der Waals surface area contributed by atoms with E-state index in [0.717, 1.165) is 0 Å². The Hall–Kier alpha value is -2.64. The van der Waals surface area contributed by atoms with Crippen molar-refractivity contribution in [1.29, 1.82) is 0 Å². The quantitative estimate of drug-likeness (QED) is 0.498. The van der Waals surface area contributed by atoms with E-state index in [1.807, 2.05) is 4.98 Å². The second-order valence-electron chi connectivity index (χ2n) is 3.02. The molecule has 2 heterocycles. The molecule has 0 amide bonds. The fourth-order valence-corrected chi connectivity index (χ4v) is 0.865. The van der Waals surface area contributed by atoms with Crippen molar-refractivity contribution in [2.75, 3.05) is 0 Å². The molecule has 0 aliphatic heterocycles. The van der Waals surface area contributed by atoms with E-state index >= 15 is 0 Å².